The van der Waals surface area contributed by atoms with E-state index in [1.54, 1.807) is 29.5 Å². The highest BCUT2D eigenvalue weighted by atomic mass is 32.2. The molecule has 6 nitrogen and oxygen atoms in total. The van der Waals surface area contributed by atoms with Gasteiger partial charge in [0.05, 0.1) is 25.0 Å². The Bertz CT molecular complexity index is 1030. The molecule has 1 aromatic heterocycles. The number of nitrogens with one attached hydrogen (secondary N) is 1. The zero-order valence-electron chi connectivity index (χ0n) is 15.9. The smallest absolute Gasteiger partial charge is 0.283 e. The molecule has 0 spiro atoms. The second-order valence-corrected chi connectivity index (χ2v) is 9.21. The first kappa shape index (κ1) is 20.3. The van der Waals surface area contributed by atoms with Gasteiger partial charge >= 0.3 is 0 Å². The lowest BCUT2D eigenvalue weighted by Crippen LogP contribution is -2.12. The van der Waals surface area contributed by atoms with Crippen LogP contribution in [0.1, 0.15) is 35.6 Å². The van der Waals surface area contributed by atoms with Crippen LogP contribution in [0.5, 0.6) is 0 Å². The van der Waals surface area contributed by atoms with Crippen molar-refractivity contribution >= 4 is 50.6 Å². The molecule has 2 aromatic carbocycles. The minimum absolute atomic E-state index is 0.0325. The summed E-state index contributed by atoms with van der Waals surface area (Å²) in [5.74, 6) is 0.969. The van der Waals surface area contributed by atoms with Gasteiger partial charge in [0.1, 0.15) is 0 Å². The van der Waals surface area contributed by atoms with E-state index in [1.165, 1.54) is 17.8 Å². The third-order valence-electron chi connectivity index (χ3n) is 4.12. The summed E-state index contributed by atoms with van der Waals surface area (Å²) in [6, 6.07) is 10.1. The maximum Gasteiger partial charge on any atom is 0.283 e. The van der Waals surface area contributed by atoms with Crippen LogP contribution in [-0.2, 0) is 0 Å². The summed E-state index contributed by atoms with van der Waals surface area (Å²) >= 11 is 3.01. The summed E-state index contributed by atoms with van der Waals surface area (Å²) in [7, 11) is 0. The van der Waals surface area contributed by atoms with Gasteiger partial charge in [0.15, 0.2) is 0 Å². The van der Waals surface area contributed by atoms with Crippen molar-refractivity contribution < 1.29 is 9.72 Å². The van der Waals surface area contributed by atoms with Gasteiger partial charge in [-0.25, -0.2) is 4.98 Å². The minimum Gasteiger partial charge on any atom is -0.322 e. The molecule has 8 heteroatoms. The predicted molar refractivity (Wildman–Crippen MR) is 116 cm³/mol. The molecule has 0 saturated heterocycles. The maximum atomic E-state index is 12.6. The van der Waals surface area contributed by atoms with E-state index in [4.69, 9.17) is 0 Å². The molecule has 0 atom stereocenters. The maximum absolute atomic E-state index is 12.6. The summed E-state index contributed by atoms with van der Waals surface area (Å²) < 4.78 is 0.984. The van der Waals surface area contributed by atoms with Crippen molar-refractivity contribution in [3.05, 3.63) is 57.1 Å². The number of benzene rings is 2. The van der Waals surface area contributed by atoms with E-state index >= 15 is 0 Å². The third kappa shape index (κ3) is 4.88. The van der Waals surface area contributed by atoms with Crippen LogP contribution in [0.25, 0.3) is 10.2 Å². The number of nitro groups is 1. The molecule has 1 heterocycles. The van der Waals surface area contributed by atoms with Crippen LogP contribution in [0.15, 0.2) is 41.3 Å². The highest BCUT2D eigenvalue weighted by molar-refractivity contribution is 7.99. The number of nitro benzene ring substituents is 1. The van der Waals surface area contributed by atoms with Crippen LogP contribution < -0.4 is 5.32 Å². The lowest BCUT2D eigenvalue weighted by Gasteiger charge is -2.08. The van der Waals surface area contributed by atoms with E-state index in [9.17, 15) is 14.9 Å². The summed E-state index contributed by atoms with van der Waals surface area (Å²) in [5, 5.41) is 15.2. The van der Waals surface area contributed by atoms with Gasteiger partial charge in [-0.05, 0) is 55.3 Å². The van der Waals surface area contributed by atoms with Gasteiger partial charge in [-0.15, -0.1) is 23.1 Å². The zero-order valence-corrected chi connectivity index (χ0v) is 17.5. The van der Waals surface area contributed by atoms with Gasteiger partial charge in [-0.2, -0.15) is 0 Å². The molecule has 3 aromatic rings. The number of hydrogen-bond donors (Lipinski definition) is 1. The first-order valence-corrected chi connectivity index (χ1v) is 10.7. The number of aryl methyl sites for hydroxylation is 1. The topological polar surface area (TPSA) is 85.1 Å². The van der Waals surface area contributed by atoms with Crippen molar-refractivity contribution in [2.75, 3.05) is 11.1 Å². The molecular formula is C20H21N3O3S2. The lowest BCUT2D eigenvalue weighted by molar-refractivity contribution is -0.387. The van der Waals surface area contributed by atoms with Crippen LogP contribution in [0.3, 0.4) is 0 Å². The standard InChI is InChI=1S/C20H21N3O3S2/c1-12(2)8-9-27-18-7-4-14(10-17(18)23(25)26)20(24)22-15-5-6-16-19(11-15)28-13(3)21-16/h4-7,10-12H,8-9H2,1-3H3,(H,22,24). The first-order chi connectivity index (χ1) is 13.3. The average molecular weight is 416 g/mol. The van der Waals surface area contributed by atoms with Crippen molar-refractivity contribution in [1.29, 1.82) is 0 Å². The number of nitrogens with zero attached hydrogens (tertiary/aromatic N) is 2. The number of amides is 1. The molecule has 0 aliphatic carbocycles. The molecule has 3 rings (SSSR count). The van der Waals surface area contributed by atoms with E-state index in [0.29, 0.717) is 16.5 Å². The number of thiazole rings is 1. The van der Waals surface area contributed by atoms with Crippen molar-refractivity contribution in [2.24, 2.45) is 5.92 Å². The number of anilines is 1. The molecule has 1 amide bonds. The van der Waals surface area contributed by atoms with E-state index in [0.717, 1.165) is 27.4 Å². The lowest BCUT2D eigenvalue weighted by atomic mass is 10.2. The van der Waals surface area contributed by atoms with E-state index in [-0.39, 0.29) is 17.2 Å². The number of carbonyl (C=O) groups is 1. The van der Waals surface area contributed by atoms with Crippen molar-refractivity contribution in [3.63, 3.8) is 0 Å². The fourth-order valence-corrected chi connectivity index (χ4v) is 4.77. The number of carbonyl (C=O) groups excluding carboxylic acids is 1. The predicted octanol–water partition coefficient (Wildman–Crippen LogP) is 5.90. The number of rotatable bonds is 7. The summed E-state index contributed by atoms with van der Waals surface area (Å²) in [6.07, 6.45) is 0.976. The molecule has 146 valence electrons. The summed E-state index contributed by atoms with van der Waals surface area (Å²) in [4.78, 5) is 28.6. The normalized spacial score (nSPS) is 11.1. The SMILES string of the molecule is Cc1nc2ccc(NC(=O)c3ccc(SCCC(C)C)c([N+](=O)[O-])c3)cc2s1. The molecule has 28 heavy (non-hydrogen) atoms. The summed E-state index contributed by atoms with van der Waals surface area (Å²) in [6.45, 7) is 6.17. The van der Waals surface area contributed by atoms with Crippen LogP contribution in [0.4, 0.5) is 11.4 Å². The van der Waals surface area contributed by atoms with Crippen LogP contribution in [0.2, 0.25) is 0 Å². The van der Waals surface area contributed by atoms with Crippen LogP contribution >= 0.6 is 23.1 Å². The van der Waals surface area contributed by atoms with E-state index in [1.807, 2.05) is 19.1 Å². The van der Waals surface area contributed by atoms with E-state index < -0.39 is 4.92 Å². The Hall–Kier alpha value is -2.45. The summed E-state index contributed by atoms with van der Waals surface area (Å²) in [5.41, 5.74) is 1.76. The minimum atomic E-state index is -0.430. The molecular weight excluding hydrogens is 394 g/mol. The second kappa shape index (κ2) is 8.70. The number of fused-ring (bicyclic) bond motifs is 1. The van der Waals surface area contributed by atoms with Crippen LogP contribution in [0, 0.1) is 23.0 Å². The van der Waals surface area contributed by atoms with Gasteiger partial charge in [0.25, 0.3) is 11.6 Å². The van der Waals surface area contributed by atoms with Gasteiger partial charge in [-0.3, -0.25) is 14.9 Å². The van der Waals surface area contributed by atoms with Crippen molar-refractivity contribution in [2.45, 2.75) is 32.1 Å². The van der Waals surface area contributed by atoms with E-state index in [2.05, 4.69) is 24.1 Å². The Balaban J connectivity index is 1.78. The molecule has 1 N–H and O–H groups in total. The largest absolute Gasteiger partial charge is 0.322 e. The number of thioether (sulfide) groups is 1. The third-order valence-corrected chi connectivity index (χ3v) is 6.15. The Labute approximate surface area is 171 Å². The highest BCUT2D eigenvalue weighted by Gasteiger charge is 2.18. The Morgan fingerprint density at radius 1 is 1.29 bits per heavy atom. The molecule has 0 radical (unpaired) electrons. The highest BCUT2D eigenvalue weighted by Crippen LogP contribution is 2.31. The monoisotopic (exact) mass is 415 g/mol. The zero-order chi connectivity index (χ0) is 20.3. The second-order valence-electron chi connectivity index (χ2n) is 6.84. The molecule has 0 unspecified atom stereocenters. The van der Waals surface area contributed by atoms with Crippen molar-refractivity contribution in [3.8, 4) is 0 Å². The van der Waals surface area contributed by atoms with Gasteiger partial charge in [0, 0.05) is 17.3 Å². The fraction of sp³-hybridized carbons (Fsp3) is 0.300. The molecule has 0 aliphatic rings. The average Bonchev–Trinajstić information content (AvgIpc) is 3.00. The molecule has 0 fully saturated rings. The molecule has 0 bridgehead atoms. The number of aromatic nitrogens is 1. The van der Waals surface area contributed by atoms with Crippen LogP contribution in [-0.4, -0.2) is 21.6 Å². The molecule has 0 aliphatic heterocycles. The quantitative estimate of drug-likeness (QED) is 0.295. The van der Waals surface area contributed by atoms with Gasteiger partial charge in [-0.1, -0.05) is 13.8 Å². The van der Waals surface area contributed by atoms with Crippen molar-refractivity contribution in [1.82, 2.24) is 4.98 Å². The Kier molecular flexibility index (Phi) is 6.31. The number of hydrogen-bond acceptors (Lipinski definition) is 6. The Morgan fingerprint density at radius 3 is 2.79 bits per heavy atom. The Morgan fingerprint density at radius 2 is 2.07 bits per heavy atom. The molecule has 0 saturated carbocycles. The fourth-order valence-electron chi connectivity index (χ4n) is 2.65. The first-order valence-electron chi connectivity index (χ1n) is 8.93. The van der Waals surface area contributed by atoms with Gasteiger partial charge < -0.3 is 5.32 Å². The van der Waals surface area contributed by atoms with Gasteiger partial charge in [0.2, 0.25) is 0 Å².